The molecule has 0 aliphatic heterocycles. The van der Waals surface area contributed by atoms with Gasteiger partial charge < -0.3 is 10.4 Å². The van der Waals surface area contributed by atoms with Crippen LogP contribution in [0.15, 0.2) is 6.20 Å². The first-order chi connectivity index (χ1) is 9.43. The van der Waals surface area contributed by atoms with Crippen molar-refractivity contribution in [3.63, 3.8) is 0 Å². The van der Waals surface area contributed by atoms with Gasteiger partial charge in [0.05, 0.1) is 17.7 Å². The molecule has 0 aliphatic carbocycles. The highest BCUT2D eigenvalue weighted by molar-refractivity contribution is 5.95. The normalized spacial score (nSPS) is 11.9. The van der Waals surface area contributed by atoms with Crippen LogP contribution in [0, 0.1) is 13.8 Å². The zero-order chi connectivity index (χ0) is 15.1. The average Bonchev–Trinajstić information content (AvgIpc) is 2.35. The van der Waals surface area contributed by atoms with E-state index in [0.29, 0.717) is 23.5 Å². The number of nitrogens with one attached hydrogen (secondary N) is 1. The Morgan fingerprint density at radius 3 is 2.65 bits per heavy atom. The molecule has 0 aliphatic rings. The van der Waals surface area contributed by atoms with E-state index in [1.807, 2.05) is 6.92 Å². The number of amides is 1. The number of hydrogen-bond acceptors (Lipinski definition) is 4. The molecule has 0 bridgehead atoms. The van der Waals surface area contributed by atoms with Gasteiger partial charge in [-0.05, 0) is 20.3 Å². The van der Waals surface area contributed by atoms with Crippen LogP contribution in [0.2, 0.25) is 0 Å². The standard InChI is InChI=1S/C14H21N3O3/c1-4-5-6-11(7-13(18)19)17-14(20)12-8-15-10(3)16-9(12)2/h8,11H,4-7H2,1-3H3,(H,17,20)(H,18,19)/t11-/m0/s1. The van der Waals surface area contributed by atoms with Crippen molar-refractivity contribution in [2.75, 3.05) is 0 Å². The van der Waals surface area contributed by atoms with Crippen molar-refractivity contribution >= 4 is 11.9 Å². The Kier molecular flexibility index (Phi) is 6.09. The molecule has 1 aromatic rings. The van der Waals surface area contributed by atoms with Crippen LogP contribution >= 0.6 is 0 Å². The van der Waals surface area contributed by atoms with Crippen molar-refractivity contribution in [1.82, 2.24) is 15.3 Å². The zero-order valence-corrected chi connectivity index (χ0v) is 12.1. The molecule has 0 spiro atoms. The van der Waals surface area contributed by atoms with Gasteiger partial charge in [0.2, 0.25) is 0 Å². The van der Waals surface area contributed by atoms with Gasteiger partial charge in [0, 0.05) is 12.2 Å². The first-order valence-electron chi connectivity index (χ1n) is 6.77. The van der Waals surface area contributed by atoms with Crippen LogP contribution in [0.25, 0.3) is 0 Å². The number of rotatable bonds is 7. The molecule has 1 atom stereocenters. The summed E-state index contributed by atoms with van der Waals surface area (Å²) in [5.41, 5.74) is 0.988. The van der Waals surface area contributed by atoms with E-state index in [-0.39, 0.29) is 18.4 Å². The monoisotopic (exact) mass is 279 g/mol. The number of carbonyl (C=O) groups excluding carboxylic acids is 1. The van der Waals surface area contributed by atoms with E-state index in [1.165, 1.54) is 6.20 Å². The summed E-state index contributed by atoms with van der Waals surface area (Å²) in [5, 5.41) is 11.6. The van der Waals surface area contributed by atoms with Crippen LogP contribution in [0.1, 0.15) is 54.5 Å². The number of hydrogen-bond donors (Lipinski definition) is 2. The second kappa shape index (κ2) is 7.57. The Hall–Kier alpha value is -1.98. The fourth-order valence-corrected chi connectivity index (χ4v) is 1.96. The molecule has 1 aromatic heterocycles. The van der Waals surface area contributed by atoms with E-state index in [1.54, 1.807) is 13.8 Å². The molecule has 1 heterocycles. The number of aryl methyl sites for hydroxylation is 2. The van der Waals surface area contributed by atoms with E-state index in [0.717, 1.165) is 12.8 Å². The van der Waals surface area contributed by atoms with Crippen molar-refractivity contribution in [2.45, 2.75) is 52.5 Å². The van der Waals surface area contributed by atoms with Gasteiger partial charge in [-0.1, -0.05) is 19.8 Å². The highest BCUT2D eigenvalue weighted by Gasteiger charge is 2.18. The van der Waals surface area contributed by atoms with Crippen LogP contribution in [0.5, 0.6) is 0 Å². The fraction of sp³-hybridized carbons (Fsp3) is 0.571. The number of carbonyl (C=O) groups is 2. The van der Waals surface area contributed by atoms with E-state index >= 15 is 0 Å². The Labute approximate surface area is 118 Å². The molecule has 6 heteroatoms. The minimum absolute atomic E-state index is 0.0719. The molecule has 0 saturated heterocycles. The fourth-order valence-electron chi connectivity index (χ4n) is 1.96. The maximum atomic E-state index is 12.1. The SMILES string of the molecule is CCCC[C@@H](CC(=O)O)NC(=O)c1cnc(C)nc1C. The van der Waals surface area contributed by atoms with Gasteiger partial charge in [-0.3, -0.25) is 9.59 Å². The van der Waals surface area contributed by atoms with E-state index < -0.39 is 5.97 Å². The number of aromatic nitrogens is 2. The summed E-state index contributed by atoms with van der Waals surface area (Å²) in [7, 11) is 0. The largest absolute Gasteiger partial charge is 0.481 e. The number of nitrogens with zero attached hydrogens (tertiary/aromatic N) is 2. The van der Waals surface area contributed by atoms with Crippen molar-refractivity contribution in [1.29, 1.82) is 0 Å². The molecule has 0 unspecified atom stereocenters. The molecule has 0 saturated carbocycles. The molecule has 20 heavy (non-hydrogen) atoms. The lowest BCUT2D eigenvalue weighted by Gasteiger charge is -2.17. The first kappa shape index (κ1) is 16.1. The maximum Gasteiger partial charge on any atom is 0.305 e. The minimum atomic E-state index is -0.914. The van der Waals surface area contributed by atoms with Crippen LogP contribution in [0.4, 0.5) is 0 Å². The minimum Gasteiger partial charge on any atom is -0.481 e. The highest BCUT2D eigenvalue weighted by atomic mass is 16.4. The third-order valence-corrected chi connectivity index (χ3v) is 3.01. The molecule has 1 amide bonds. The lowest BCUT2D eigenvalue weighted by Crippen LogP contribution is -2.37. The van der Waals surface area contributed by atoms with Gasteiger partial charge in [0.15, 0.2) is 0 Å². The smallest absolute Gasteiger partial charge is 0.305 e. The summed E-state index contributed by atoms with van der Waals surface area (Å²) in [6.07, 6.45) is 3.89. The lowest BCUT2D eigenvalue weighted by atomic mass is 10.1. The van der Waals surface area contributed by atoms with Crippen LogP contribution in [0.3, 0.4) is 0 Å². The third kappa shape index (κ3) is 4.95. The molecular weight excluding hydrogens is 258 g/mol. The Bertz CT molecular complexity index is 489. The summed E-state index contributed by atoms with van der Waals surface area (Å²) in [4.78, 5) is 31.1. The van der Waals surface area contributed by atoms with Crippen molar-refractivity contribution in [3.05, 3.63) is 23.3 Å². The summed E-state index contributed by atoms with van der Waals surface area (Å²) >= 11 is 0. The quantitative estimate of drug-likeness (QED) is 0.794. The predicted octanol–water partition coefficient (Wildman–Crippen LogP) is 1.86. The molecule has 0 radical (unpaired) electrons. The lowest BCUT2D eigenvalue weighted by molar-refractivity contribution is -0.137. The molecular formula is C14H21N3O3. The molecule has 1 rings (SSSR count). The van der Waals surface area contributed by atoms with E-state index in [4.69, 9.17) is 5.11 Å². The molecule has 6 nitrogen and oxygen atoms in total. The summed E-state index contributed by atoms with van der Waals surface area (Å²) in [6.45, 7) is 5.52. The molecule has 0 aromatic carbocycles. The first-order valence-corrected chi connectivity index (χ1v) is 6.77. The van der Waals surface area contributed by atoms with Gasteiger partial charge in [-0.2, -0.15) is 0 Å². The van der Waals surface area contributed by atoms with Gasteiger partial charge in [-0.15, -0.1) is 0 Å². The van der Waals surface area contributed by atoms with Crippen molar-refractivity contribution < 1.29 is 14.7 Å². The van der Waals surface area contributed by atoms with Crippen LogP contribution in [-0.2, 0) is 4.79 Å². The third-order valence-electron chi connectivity index (χ3n) is 3.01. The maximum absolute atomic E-state index is 12.1. The van der Waals surface area contributed by atoms with Crippen LogP contribution < -0.4 is 5.32 Å². The average molecular weight is 279 g/mol. The second-order valence-corrected chi connectivity index (χ2v) is 4.83. The Balaban J connectivity index is 2.75. The highest BCUT2D eigenvalue weighted by Crippen LogP contribution is 2.08. The number of unbranched alkanes of at least 4 members (excludes halogenated alkanes) is 1. The van der Waals surface area contributed by atoms with E-state index in [2.05, 4.69) is 15.3 Å². The van der Waals surface area contributed by atoms with Gasteiger partial charge >= 0.3 is 5.97 Å². The van der Waals surface area contributed by atoms with Crippen molar-refractivity contribution in [2.24, 2.45) is 0 Å². The topological polar surface area (TPSA) is 92.2 Å². The summed E-state index contributed by atoms with van der Waals surface area (Å²) < 4.78 is 0. The molecule has 0 fully saturated rings. The van der Waals surface area contributed by atoms with Gasteiger partial charge in [0.1, 0.15) is 5.82 Å². The Morgan fingerprint density at radius 2 is 2.10 bits per heavy atom. The molecule has 2 N–H and O–H groups in total. The zero-order valence-electron chi connectivity index (χ0n) is 12.1. The van der Waals surface area contributed by atoms with Crippen LogP contribution in [-0.4, -0.2) is 33.0 Å². The summed E-state index contributed by atoms with van der Waals surface area (Å²) in [5.74, 6) is -0.625. The van der Waals surface area contributed by atoms with Crippen molar-refractivity contribution in [3.8, 4) is 0 Å². The Morgan fingerprint density at radius 1 is 1.40 bits per heavy atom. The van der Waals surface area contributed by atoms with E-state index in [9.17, 15) is 9.59 Å². The van der Waals surface area contributed by atoms with Gasteiger partial charge in [-0.25, -0.2) is 9.97 Å². The number of aliphatic carboxylic acids is 1. The van der Waals surface area contributed by atoms with Gasteiger partial charge in [0.25, 0.3) is 5.91 Å². The summed E-state index contributed by atoms with van der Waals surface area (Å²) in [6, 6.07) is -0.361. The molecule has 110 valence electrons. The predicted molar refractivity (Wildman–Crippen MR) is 74.5 cm³/mol. The number of carboxylic acid groups (broad SMARTS) is 1. The number of carboxylic acids is 1. The second-order valence-electron chi connectivity index (χ2n) is 4.83.